The Morgan fingerprint density at radius 3 is 1.18 bits per heavy atom. The van der Waals surface area contributed by atoms with Crippen molar-refractivity contribution in [3.63, 3.8) is 0 Å². The van der Waals surface area contributed by atoms with Gasteiger partial charge in [-0.15, -0.1) is 0 Å². The van der Waals surface area contributed by atoms with Gasteiger partial charge in [0, 0.05) is 16.9 Å². The lowest BCUT2D eigenvalue weighted by atomic mass is 9.74. The quantitative estimate of drug-likeness (QED) is 0.144. The van der Waals surface area contributed by atoms with E-state index in [-0.39, 0.29) is 0 Å². The van der Waals surface area contributed by atoms with Crippen molar-refractivity contribution in [1.29, 1.82) is 0 Å². The van der Waals surface area contributed by atoms with Crippen molar-refractivity contribution in [2.24, 2.45) is 0 Å². The van der Waals surface area contributed by atoms with Crippen molar-refractivity contribution < 1.29 is 0 Å². The van der Waals surface area contributed by atoms with Crippen LogP contribution in [-0.4, -0.2) is 37.9 Å². The van der Waals surface area contributed by atoms with Gasteiger partial charge >= 0.3 is 0 Å². The molecular weight excluding hydrogens is 977 g/mol. The summed E-state index contributed by atoms with van der Waals surface area (Å²) >= 11 is 0. The number of nitrogens with zero attached hydrogens (tertiary/aromatic N) is 8. The predicted octanol–water partition coefficient (Wildman–Crippen LogP) is 17.6. The molecule has 16 rings (SSSR count). The minimum Gasteiger partial charge on any atom is -0.278 e. The van der Waals surface area contributed by atoms with Gasteiger partial charge < -0.3 is 0 Å². The fourth-order valence-corrected chi connectivity index (χ4v) is 12.3. The average molecular weight is 1020 g/mol. The molecule has 5 heterocycles. The van der Waals surface area contributed by atoms with Gasteiger partial charge in [-0.1, -0.05) is 212 Å². The summed E-state index contributed by atoms with van der Waals surface area (Å²) in [6, 6.07) is 97.4. The summed E-state index contributed by atoms with van der Waals surface area (Å²) in [6.45, 7) is 0. The van der Waals surface area contributed by atoms with E-state index in [9.17, 15) is 0 Å². The van der Waals surface area contributed by atoms with Crippen molar-refractivity contribution in [3.05, 3.63) is 279 Å². The van der Waals surface area contributed by atoms with Crippen LogP contribution in [0.4, 0.5) is 0 Å². The third kappa shape index (κ3) is 7.09. The van der Waals surface area contributed by atoms with Gasteiger partial charge in [0.15, 0.2) is 11.3 Å². The van der Waals surface area contributed by atoms with E-state index >= 15 is 0 Å². The van der Waals surface area contributed by atoms with E-state index in [0.717, 1.165) is 117 Å². The highest BCUT2D eigenvalue weighted by atomic mass is 15.2. The third-order valence-corrected chi connectivity index (χ3v) is 15.6. The maximum Gasteiger partial charge on any atom is 0.223 e. The second kappa shape index (κ2) is 18.4. The van der Waals surface area contributed by atoms with Gasteiger partial charge in [0.2, 0.25) is 11.6 Å². The van der Waals surface area contributed by atoms with Crippen molar-refractivity contribution >= 4 is 55.9 Å². The zero-order chi connectivity index (χ0) is 52.7. The molecule has 0 bridgehead atoms. The van der Waals surface area contributed by atoms with E-state index in [4.69, 9.17) is 19.9 Å². The minimum absolute atomic E-state index is 0.579. The Hall–Kier alpha value is -11.0. The normalized spacial score (nSPS) is 11.8. The van der Waals surface area contributed by atoms with Gasteiger partial charge in [0.25, 0.3) is 0 Å². The molecule has 0 radical (unpaired) electrons. The topological polar surface area (TPSA) is 70.2 Å². The summed E-state index contributed by atoms with van der Waals surface area (Å²) in [5, 5.41) is 0. The molecule has 0 saturated heterocycles. The van der Waals surface area contributed by atoms with E-state index in [1.54, 1.807) is 0 Å². The van der Waals surface area contributed by atoms with Gasteiger partial charge in [-0.05, 0) is 127 Å². The Balaban J connectivity index is 0.927. The molecule has 0 aliphatic rings. The molecule has 0 amide bonds. The number of fused-ring (bicyclic) bond motifs is 10. The molecule has 8 nitrogen and oxygen atoms in total. The lowest BCUT2D eigenvalue weighted by Crippen LogP contribution is -2.02. The molecule has 0 fully saturated rings. The van der Waals surface area contributed by atoms with E-state index in [2.05, 4.69) is 273 Å². The number of imidazole rings is 4. The Morgan fingerprint density at radius 1 is 0.263 bits per heavy atom. The van der Waals surface area contributed by atoms with E-state index < -0.39 is 0 Å². The number of hydrogen-bond acceptors (Lipinski definition) is 4. The summed E-state index contributed by atoms with van der Waals surface area (Å²) in [4.78, 5) is 20.9. The number of para-hydroxylation sites is 5. The number of aromatic nitrogens is 8. The lowest BCUT2D eigenvalue weighted by molar-refractivity contribution is 1.10. The lowest BCUT2D eigenvalue weighted by Gasteiger charge is -2.29. The molecule has 0 atom stereocenters. The maximum absolute atomic E-state index is 5.46. The predicted molar refractivity (Wildman–Crippen MR) is 326 cm³/mol. The molecule has 16 aromatic rings. The summed E-state index contributed by atoms with van der Waals surface area (Å²) < 4.78 is 8.88. The second-order valence-corrected chi connectivity index (χ2v) is 20.2. The van der Waals surface area contributed by atoms with E-state index in [0.29, 0.717) is 11.3 Å². The Bertz CT molecular complexity index is 4920. The molecule has 0 N–H and O–H groups in total. The van der Waals surface area contributed by atoms with Gasteiger partial charge in [-0.25, -0.2) is 15.0 Å². The van der Waals surface area contributed by atoms with E-state index in [1.165, 1.54) is 16.7 Å². The minimum atomic E-state index is 0.579. The van der Waals surface area contributed by atoms with Crippen LogP contribution in [0.3, 0.4) is 0 Å². The summed E-state index contributed by atoms with van der Waals surface area (Å²) in [6.07, 6.45) is 1.87. The Kier molecular flexibility index (Phi) is 10.4. The van der Waals surface area contributed by atoms with Crippen LogP contribution in [0, 0.1) is 0 Å². The number of hydrogen-bond donors (Lipinski definition) is 0. The molecule has 0 unspecified atom stereocenters. The molecule has 5 aromatic heterocycles. The van der Waals surface area contributed by atoms with Crippen molar-refractivity contribution in [1.82, 2.24) is 37.9 Å². The van der Waals surface area contributed by atoms with Gasteiger partial charge in [0.05, 0.1) is 45.0 Å². The first-order chi connectivity index (χ1) is 39.7. The number of benzene rings is 11. The van der Waals surface area contributed by atoms with Crippen LogP contribution < -0.4 is 0 Å². The van der Waals surface area contributed by atoms with Crippen LogP contribution >= 0.6 is 0 Å². The monoisotopic (exact) mass is 1020 g/mol. The second-order valence-electron chi connectivity index (χ2n) is 20.2. The standard InChI is InChI=1S/C72H46N8/c1-7-24-47(25-8-1)63-64(48-26-9-2-10-27-48)66(50-30-13-4-14-31-50)68(67(51-32-15-5-16-33-51)65(63)49-28-11-3-12-29-49)53-34-23-37-55(44-53)78-58-38-19-21-40-60(58)79-62-45-52(42-43-56(62)75-71(78)79)57-46-73-70-69(74-57)76-72-77(54-35-17-6-18-36-54)59-39-20-22-41-61(59)80(70)72/h1-46H. The van der Waals surface area contributed by atoms with Crippen molar-refractivity contribution in [2.75, 3.05) is 0 Å². The molecule has 0 aliphatic heterocycles. The number of rotatable bonds is 9. The molecule has 8 heteroatoms. The molecule has 0 spiro atoms. The zero-order valence-electron chi connectivity index (χ0n) is 43.1. The first-order valence-electron chi connectivity index (χ1n) is 27.0. The van der Waals surface area contributed by atoms with Crippen molar-refractivity contribution in [3.8, 4) is 89.4 Å². The van der Waals surface area contributed by atoms with Crippen molar-refractivity contribution in [2.45, 2.75) is 0 Å². The maximum atomic E-state index is 5.46. The first-order valence-corrected chi connectivity index (χ1v) is 27.0. The van der Waals surface area contributed by atoms with Gasteiger partial charge in [0.1, 0.15) is 0 Å². The van der Waals surface area contributed by atoms with Gasteiger partial charge in [-0.3, -0.25) is 17.9 Å². The highest BCUT2D eigenvalue weighted by Gasteiger charge is 2.30. The largest absolute Gasteiger partial charge is 0.278 e. The zero-order valence-corrected chi connectivity index (χ0v) is 43.1. The highest BCUT2D eigenvalue weighted by molar-refractivity contribution is 6.15. The summed E-state index contributed by atoms with van der Waals surface area (Å²) in [5.41, 5.74) is 24.7. The van der Waals surface area contributed by atoms with Crippen LogP contribution in [0.25, 0.3) is 145 Å². The summed E-state index contributed by atoms with van der Waals surface area (Å²) in [5.74, 6) is 1.57. The first kappa shape index (κ1) is 45.3. The SMILES string of the molecule is c1ccc(-c2c(-c3ccccc3)c(-c3ccccc3)c(-c3cccc(-n4c5ccccc5n5c6cc(-c7cnc8c(n7)nc7n(-c9ccccc9)c9ccccc9n87)ccc6nc45)c3)c(-c3ccccc3)c2-c2ccccc2)cc1. The van der Waals surface area contributed by atoms with Crippen LogP contribution in [0.1, 0.15) is 0 Å². The average Bonchev–Trinajstić information content (AvgIpc) is 4.10. The smallest absolute Gasteiger partial charge is 0.223 e. The third-order valence-electron chi connectivity index (χ3n) is 15.6. The van der Waals surface area contributed by atoms with Crippen LogP contribution in [0.5, 0.6) is 0 Å². The van der Waals surface area contributed by atoms with Gasteiger partial charge in [-0.2, -0.15) is 4.98 Å². The molecule has 11 aromatic carbocycles. The van der Waals surface area contributed by atoms with Crippen LogP contribution in [-0.2, 0) is 0 Å². The summed E-state index contributed by atoms with van der Waals surface area (Å²) in [7, 11) is 0. The fourth-order valence-electron chi connectivity index (χ4n) is 12.3. The molecule has 0 aliphatic carbocycles. The molecule has 0 saturated carbocycles. The Labute approximate surface area is 460 Å². The molecule has 374 valence electrons. The van der Waals surface area contributed by atoms with Crippen LogP contribution in [0.2, 0.25) is 0 Å². The molecular formula is C72H46N8. The Morgan fingerprint density at radius 2 is 0.662 bits per heavy atom. The highest BCUT2D eigenvalue weighted by Crippen LogP contribution is 2.56. The van der Waals surface area contributed by atoms with E-state index in [1.807, 2.05) is 24.4 Å². The van der Waals surface area contributed by atoms with Crippen LogP contribution in [0.15, 0.2) is 279 Å². The molecule has 80 heavy (non-hydrogen) atoms. The fraction of sp³-hybridized carbons (Fsp3) is 0.